The minimum Gasteiger partial charge on any atom is -0.370 e. The summed E-state index contributed by atoms with van der Waals surface area (Å²) in [6, 6.07) is 0. The SMILES string of the molecule is BrC1(Br)[C@@H]2C[C@@H]3O[C@@H]3C[C@H]21. The molecular weight excluding hydrogens is 260 g/mol. The van der Waals surface area contributed by atoms with Crippen molar-refractivity contribution in [2.45, 2.75) is 28.3 Å². The third kappa shape index (κ3) is 0.669. The lowest BCUT2D eigenvalue weighted by Crippen LogP contribution is -2.03. The molecule has 2 aliphatic carbocycles. The van der Waals surface area contributed by atoms with Gasteiger partial charge in [-0.15, -0.1) is 0 Å². The summed E-state index contributed by atoms with van der Waals surface area (Å²) in [5.41, 5.74) is 0. The molecule has 1 heterocycles. The van der Waals surface area contributed by atoms with Crippen LogP contribution >= 0.6 is 31.9 Å². The van der Waals surface area contributed by atoms with Gasteiger partial charge in [0.2, 0.25) is 0 Å². The molecule has 0 aromatic rings. The molecule has 3 fully saturated rings. The van der Waals surface area contributed by atoms with Gasteiger partial charge in [-0.1, -0.05) is 31.9 Å². The maximum atomic E-state index is 5.43. The van der Waals surface area contributed by atoms with Gasteiger partial charge in [-0.2, -0.15) is 0 Å². The van der Waals surface area contributed by atoms with E-state index in [1.165, 1.54) is 12.8 Å². The van der Waals surface area contributed by atoms with Crippen molar-refractivity contribution < 1.29 is 4.74 Å². The van der Waals surface area contributed by atoms with Crippen molar-refractivity contribution >= 4 is 31.9 Å². The third-order valence-corrected chi connectivity index (χ3v) is 5.38. The Kier molecular flexibility index (Phi) is 1.06. The lowest BCUT2D eigenvalue weighted by atomic mass is 10.0. The first-order valence-electron chi connectivity index (χ1n) is 3.73. The molecule has 0 unspecified atom stereocenters. The first kappa shape index (κ1) is 6.44. The van der Waals surface area contributed by atoms with Crippen LogP contribution in [0, 0.1) is 11.8 Å². The van der Waals surface area contributed by atoms with Crippen LogP contribution in [0.4, 0.5) is 0 Å². The Bertz CT molecular complexity index is 174. The summed E-state index contributed by atoms with van der Waals surface area (Å²) in [6.07, 6.45) is 3.79. The fourth-order valence-electron chi connectivity index (χ4n) is 2.20. The van der Waals surface area contributed by atoms with E-state index in [0.717, 1.165) is 11.8 Å². The van der Waals surface area contributed by atoms with Gasteiger partial charge in [-0.3, -0.25) is 0 Å². The molecule has 1 saturated heterocycles. The first-order valence-corrected chi connectivity index (χ1v) is 5.31. The summed E-state index contributed by atoms with van der Waals surface area (Å²) in [6.45, 7) is 0. The van der Waals surface area contributed by atoms with E-state index in [1.54, 1.807) is 0 Å². The molecule has 0 bridgehead atoms. The second kappa shape index (κ2) is 1.64. The van der Waals surface area contributed by atoms with Crippen LogP contribution in [0.5, 0.6) is 0 Å². The minimum atomic E-state index is 0.302. The molecule has 1 nitrogen and oxygen atoms in total. The van der Waals surface area contributed by atoms with Crippen LogP contribution in [-0.4, -0.2) is 15.4 Å². The standard InChI is InChI=1S/C7H8Br2O/c8-7(9)3-1-5-6(10-5)2-4(3)7/h3-6H,1-2H2/t3-,4-,5-,6+/m1/s1. The highest BCUT2D eigenvalue weighted by Crippen LogP contribution is 2.70. The van der Waals surface area contributed by atoms with Gasteiger partial charge in [0, 0.05) is 0 Å². The van der Waals surface area contributed by atoms with Crippen molar-refractivity contribution in [1.29, 1.82) is 0 Å². The van der Waals surface area contributed by atoms with Crippen molar-refractivity contribution in [1.82, 2.24) is 0 Å². The molecule has 0 amide bonds. The number of epoxide rings is 1. The Morgan fingerprint density at radius 2 is 1.60 bits per heavy atom. The smallest absolute Gasteiger partial charge is 0.0870 e. The van der Waals surface area contributed by atoms with E-state index in [0.29, 0.717) is 15.4 Å². The van der Waals surface area contributed by atoms with Crippen LogP contribution in [0.1, 0.15) is 12.8 Å². The van der Waals surface area contributed by atoms with Crippen LogP contribution in [-0.2, 0) is 4.74 Å². The fraction of sp³-hybridized carbons (Fsp3) is 1.00. The average molecular weight is 268 g/mol. The Labute approximate surface area is 76.8 Å². The summed E-state index contributed by atoms with van der Waals surface area (Å²) >= 11 is 7.38. The van der Waals surface area contributed by atoms with E-state index in [2.05, 4.69) is 31.9 Å². The quantitative estimate of drug-likeness (QED) is 0.485. The lowest BCUT2D eigenvalue weighted by molar-refractivity contribution is 0.363. The maximum Gasteiger partial charge on any atom is 0.0870 e. The number of alkyl halides is 2. The molecular formula is C7H8Br2O. The monoisotopic (exact) mass is 266 g/mol. The van der Waals surface area contributed by atoms with E-state index < -0.39 is 0 Å². The molecule has 0 aromatic carbocycles. The topological polar surface area (TPSA) is 12.5 Å². The van der Waals surface area contributed by atoms with Crippen molar-refractivity contribution in [3.8, 4) is 0 Å². The van der Waals surface area contributed by atoms with Gasteiger partial charge in [0.05, 0.1) is 15.4 Å². The minimum absolute atomic E-state index is 0.302. The molecule has 0 N–H and O–H groups in total. The van der Waals surface area contributed by atoms with Gasteiger partial charge in [0.1, 0.15) is 0 Å². The Balaban J connectivity index is 1.83. The summed E-state index contributed by atoms with van der Waals surface area (Å²) in [5.74, 6) is 1.69. The van der Waals surface area contributed by atoms with Gasteiger partial charge in [0.25, 0.3) is 0 Å². The fourth-order valence-corrected chi connectivity index (χ4v) is 3.96. The number of hydrogen-bond donors (Lipinski definition) is 0. The van der Waals surface area contributed by atoms with Gasteiger partial charge in [0.15, 0.2) is 0 Å². The Morgan fingerprint density at radius 1 is 1.10 bits per heavy atom. The first-order chi connectivity index (χ1) is 4.69. The summed E-state index contributed by atoms with van der Waals surface area (Å²) in [7, 11) is 0. The number of rotatable bonds is 0. The molecule has 1 aliphatic heterocycles. The van der Waals surface area contributed by atoms with Gasteiger partial charge in [-0.05, 0) is 24.7 Å². The highest BCUT2D eigenvalue weighted by molar-refractivity contribution is 9.25. The molecule has 4 atom stereocenters. The van der Waals surface area contributed by atoms with E-state index in [-0.39, 0.29) is 0 Å². The highest BCUT2D eigenvalue weighted by Gasteiger charge is 2.68. The van der Waals surface area contributed by atoms with Crippen LogP contribution < -0.4 is 0 Å². The molecule has 2 saturated carbocycles. The van der Waals surface area contributed by atoms with E-state index in [4.69, 9.17) is 4.74 Å². The zero-order chi connectivity index (χ0) is 6.93. The summed E-state index contributed by atoms with van der Waals surface area (Å²) in [4.78, 5) is 0. The maximum absolute atomic E-state index is 5.43. The molecule has 3 rings (SSSR count). The molecule has 0 radical (unpaired) electrons. The average Bonchev–Trinajstić information content (AvgIpc) is 2.70. The second-order valence-electron chi connectivity index (χ2n) is 3.57. The predicted molar refractivity (Wildman–Crippen MR) is 45.5 cm³/mol. The number of hydrogen-bond acceptors (Lipinski definition) is 1. The van der Waals surface area contributed by atoms with E-state index in [9.17, 15) is 0 Å². The predicted octanol–water partition coefficient (Wildman–Crippen LogP) is 2.28. The van der Waals surface area contributed by atoms with Crippen molar-refractivity contribution in [3.05, 3.63) is 0 Å². The zero-order valence-corrected chi connectivity index (χ0v) is 8.56. The van der Waals surface area contributed by atoms with Crippen molar-refractivity contribution in [3.63, 3.8) is 0 Å². The van der Waals surface area contributed by atoms with Crippen LogP contribution in [0.3, 0.4) is 0 Å². The summed E-state index contributed by atoms with van der Waals surface area (Å²) in [5, 5.41) is 0. The number of ether oxygens (including phenoxy) is 1. The van der Waals surface area contributed by atoms with Crippen LogP contribution in [0.25, 0.3) is 0 Å². The molecule has 10 heavy (non-hydrogen) atoms. The summed E-state index contributed by atoms with van der Waals surface area (Å²) < 4.78 is 5.73. The largest absolute Gasteiger partial charge is 0.370 e. The van der Waals surface area contributed by atoms with Gasteiger partial charge < -0.3 is 4.74 Å². The molecule has 0 aromatic heterocycles. The molecule has 0 spiro atoms. The van der Waals surface area contributed by atoms with Crippen LogP contribution in [0.2, 0.25) is 0 Å². The lowest BCUT2D eigenvalue weighted by Gasteiger charge is -1.98. The van der Waals surface area contributed by atoms with Crippen molar-refractivity contribution in [2.24, 2.45) is 11.8 Å². The number of halogens is 2. The molecule has 3 aliphatic rings. The second-order valence-corrected chi connectivity index (χ2v) is 7.26. The Hall–Kier alpha value is 0.920. The van der Waals surface area contributed by atoms with Gasteiger partial charge in [-0.25, -0.2) is 0 Å². The van der Waals surface area contributed by atoms with Crippen molar-refractivity contribution in [2.75, 3.05) is 0 Å². The molecule has 56 valence electrons. The van der Waals surface area contributed by atoms with Crippen LogP contribution in [0.15, 0.2) is 0 Å². The van der Waals surface area contributed by atoms with Gasteiger partial charge >= 0.3 is 0 Å². The molecule has 3 heteroatoms. The third-order valence-electron chi connectivity index (χ3n) is 3.03. The zero-order valence-electron chi connectivity index (χ0n) is 5.39. The number of fused-ring (bicyclic) bond motifs is 2. The van der Waals surface area contributed by atoms with E-state index >= 15 is 0 Å². The normalized spacial score (nSPS) is 60.6. The highest BCUT2D eigenvalue weighted by atomic mass is 79.9. The van der Waals surface area contributed by atoms with E-state index in [1.807, 2.05) is 0 Å². The Morgan fingerprint density at radius 3 is 2.10 bits per heavy atom.